The highest BCUT2D eigenvalue weighted by atomic mass is 32.1. The normalized spacial score (nSPS) is 17.0. The molecule has 1 saturated heterocycles. The van der Waals surface area contributed by atoms with Gasteiger partial charge >= 0.3 is 0 Å². The lowest BCUT2D eigenvalue weighted by atomic mass is 9.93. The molecule has 1 aliphatic carbocycles. The van der Waals surface area contributed by atoms with Crippen LogP contribution in [0.3, 0.4) is 0 Å². The monoisotopic (exact) mass is 1140 g/mol. The molecule has 1 heterocycles. The number of nitrogens with two attached hydrogens (primary N) is 3. The number of nitrogens with one attached hydrogen (secondary N) is 8. The Bertz CT molecular complexity index is 2470. The summed E-state index contributed by atoms with van der Waals surface area (Å²) in [7, 11) is 0. The van der Waals surface area contributed by atoms with Crippen molar-refractivity contribution >= 4 is 90.3 Å². The second-order valence-corrected chi connectivity index (χ2v) is 21.3. The molecule has 2 aromatic carbocycles. The summed E-state index contributed by atoms with van der Waals surface area (Å²) in [6.07, 6.45) is 3.62. The third kappa shape index (κ3) is 20.0. The van der Waals surface area contributed by atoms with Crippen LogP contribution in [0.4, 0.5) is 0 Å². The van der Waals surface area contributed by atoms with Crippen LogP contribution in [0.2, 0.25) is 0 Å². The minimum absolute atomic E-state index is 0.00885. The molecule has 10 amide bonds. The van der Waals surface area contributed by atoms with Gasteiger partial charge < -0.3 is 64.1 Å². The molecular formula is C53H79N13O11S2. The number of rotatable bonds is 29. The number of nitrogens with zero attached hydrogens (tertiary/aromatic N) is 2. The number of benzene rings is 2. The Labute approximate surface area is 472 Å². The van der Waals surface area contributed by atoms with Gasteiger partial charge in [0.1, 0.15) is 42.0 Å². The molecule has 2 aliphatic rings. The molecule has 4 rings (SSSR count). The Kier molecular flexibility index (Phi) is 25.8. The minimum atomic E-state index is -1.66. The smallest absolute Gasteiger partial charge is 0.249 e. The number of amides is 10. The number of carbonyl (C=O) groups is 10. The predicted molar refractivity (Wildman–Crippen MR) is 301 cm³/mol. The van der Waals surface area contributed by atoms with Crippen molar-refractivity contribution in [3.05, 3.63) is 65.7 Å². The van der Waals surface area contributed by atoms with Crippen molar-refractivity contribution < 1.29 is 52.7 Å². The maximum Gasteiger partial charge on any atom is 0.249 e. The van der Waals surface area contributed by atoms with Crippen LogP contribution < -0.4 is 59.2 Å². The van der Waals surface area contributed by atoms with Crippen LogP contribution in [0, 0.1) is 11.3 Å². The van der Waals surface area contributed by atoms with Gasteiger partial charge in [0.15, 0.2) is 5.96 Å². The Balaban J connectivity index is 1.45. The maximum atomic E-state index is 14.2. The first-order chi connectivity index (χ1) is 37.5. The van der Waals surface area contributed by atoms with E-state index in [1.165, 1.54) is 11.8 Å². The standard InChI is InChI=1S/C53H79N13O11S2/c1-5-77-35-20-18-34(19-21-35)26-36(54)45(70)61-38(27-33-14-8-6-9-15-33)48(73)64-44(31(2)3)50(75)62-39(28-42(55)68)47(72)63-40(30-78)51(76)65-25-13-17-41(65)49(74)60-37(16-12-24-58-52(56)57)46(71)59-29-43(69)66(32(4)67)53(79)22-10-7-11-23-53/h6,8-9,14-15,18-21,31,36-41,44,78-79H,5,7,10-13,16-17,22-30,54H2,1-4H3,(H2,55,68)(H,59,71)(H,60,74)(H,61,70)(H,62,75)(H,63,72)(H,64,73)(H4,56,57,58)/t36-,37-,38-,39-,40-,41-,44-/m0/s1. The van der Waals surface area contributed by atoms with Crippen LogP contribution in [0.15, 0.2) is 54.6 Å². The van der Waals surface area contributed by atoms with E-state index in [4.69, 9.17) is 40.0 Å². The van der Waals surface area contributed by atoms with E-state index in [-0.39, 0.29) is 56.9 Å². The van der Waals surface area contributed by atoms with Crippen LogP contribution in [0.25, 0.3) is 0 Å². The third-order valence-electron chi connectivity index (χ3n) is 13.5. The Morgan fingerprint density at radius 2 is 1.38 bits per heavy atom. The van der Waals surface area contributed by atoms with Gasteiger partial charge in [-0.1, -0.05) is 75.6 Å². The zero-order valence-electron chi connectivity index (χ0n) is 45.3. The van der Waals surface area contributed by atoms with Crippen LogP contribution in [-0.2, 0) is 60.8 Å². The maximum absolute atomic E-state index is 14.2. The molecule has 2 fully saturated rings. The van der Waals surface area contributed by atoms with Crippen LogP contribution in [0.5, 0.6) is 5.75 Å². The highest BCUT2D eigenvalue weighted by Gasteiger charge is 2.42. The van der Waals surface area contributed by atoms with E-state index in [9.17, 15) is 47.9 Å². The van der Waals surface area contributed by atoms with Gasteiger partial charge in [0.2, 0.25) is 59.1 Å². The molecule has 26 heteroatoms. The molecular weight excluding hydrogens is 1060 g/mol. The molecule has 1 saturated carbocycles. The number of guanidine groups is 1. The SMILES string of the molecule is CCOc1ccc(C[C@H](N)C(=O)N[C@@H](Cc2ccccc2)C(=O)N[C@H](C(=O)N[C@@H](CC(N)=O)C(=O)N[C@@H](CS)C(=O)N2CCC[C@H]2C(=O)N[C@@H](CCCNC(=N)N)C(=O)NCC(=O)N(C(C)=O)C2(S)CCCCC2)C(C)C)cc1. The number of imide groups is 1. The van der Waals surface area contributed by atoms with Gasteiger partial charge in [-0.2, -0.15) is 25.3 Å². The largest absolute Gasteiger partial charge is 0.494 e. The van der Waals surface area contributed by atoms with Crippen LogP contribution in [0.1, 0.15) is 103 Å². The number of primary amides is 1. The predicted octanol–water partition coefficient (Wildman–Crippen LogP) is -0.581. The van der Waals surface area contributed by atoms with Crippen LogP contribution in [-0.4, -0.2) is 154 Å². The first-order valence-corrected chi connectivity index (χ1v) is 27.7. The van der Waals surface area contributed by atoms with E-state index in [2.05, 4.69) is 49.8 Å². The third-order valence-corrected chi connectivity index (χ3v) is 14.5. The summed E-state index contributed by atoms with van der Waals surface area (Å²) in [6, 6.07) is 6.86. The van der Waals surface area contributed by atoms with E-state index in [1.54, 1.807) is 68.4 Å². The number of carbonyl (C=O) groups excluding carboxylic acids is 10. The van der Waals surface area contributed by atoms with Crippen molar-refractivity contribution in [3.63, 3.8) is 0 Å². The summed E-state index contributed by atoms with van der Waals surface area (Å²) in [5.74, 6) is -8.27. The molecule has 0 spiro atoms. The first-order valence-electron chi connectivity index (χ1n) is 26.6. The summed E-state index contributed by atoms with van der Waals surface area (Å²) in [4.78, 5) is 137. The highest BCUT2D eigenvalue weighted by molar-refractivity contribution is 7.81. The van der Waals surface area contributed by atoms with Crippen molar-refractivity contribution in [1.29, 1.82) is 5.41 Å². The Morgan fingerprint density at radius 3 is 1.97 bits per heavy atom. The molecule has 0 bridgehead atoms. The molecule has 0 aromatic heterocycles. The van der Waals surface area contributed by atoms with Crippen molar-refractivity contribution in [2.75, 3.05) is 32.0 Å². The van der Waals surface area contributed by atoms with Gasteiger partial charge in [0.05, 0.1) is 30.5 Å². The molecule has 1 aliphatic heterocycles. The van der Waals surface area contributed by atoms with E-state index in [0.29, 0.717) is 37.2 Å². The van der Waals surface area contributed by atoms with E-state index < -0.39 is 125 Å². The number of ether oxygens (including phenoxy) is 1. The second-order valence-electron chi connectivity index (χ2n) is 20.1. The zero-order chi connectivity index (χ0) is 58.4. The fourth-order valence-corrected chi connectivity index (χ4v) is 10.3. The number of hydrogen-bond acceptors (Lipinski definition) is 15. The lowest BCUT2D eigenvalue weighted by Gasteiger charge is -2.41. The van der Waals surface area contributed by atoms with Crippen LogP contribution >= 0.6 is 25.3 Å². The Hall–Kier alpha value is -6.93. The average Bonchev–Trinajstić information content (AvgIpc) is 3.91. The van der Waals surface area contributed by atoms with E-state index >= 15 is 0 Å². The van der Waals surface area contributed by atoms with Gasteiger partial charge in [0, 0.05) is 32.2 Å². The molecule has 0 radical (unpaired) electrons. The summed E-state index contributed by atoms with van der Waals surface area (Å²) >= 11 is 9.02. The molecule has 7 atom stereocenters. The molecule has 79 heavy (non-hydrogen) atoms. The minimum Gasteiger partial charge on any atom is -0.494 e. The number of likely N-dealkylation sites (tertiary alicyclic amines) is 1. The van der Waals surface area contributed by atoms with Gasteiger partial charge in [-0.25, -0.2) is 0 Å². The van der Waals surface area contributed by atoms with Crippen molar-refractivity contribution in [3.8, 4) is 5.75 Å². The fraction of sp³-hybridized carbons (Fsp3) is 0.566. The summed E-state index contributed by atoms with van der Waals surface area (Å²) < 4.78 is 5.49. The average molecular weight is 1140 g/mol. The summed E-state index contributed by atoms with van der Waals surface area (Å²) in [6.45, 7) is 6.50. The molecule has 0 unspecified atom stereocenters. The van der Waals surface area contributed by atoms with E-state index in [1.807, 2.05) is 6.92 Å². The van der Waals surface area contributed by atoms with Crippen molar-refractivity contribution in [2.45, 2.75) is 152 Å². The first kappa shape index (κ1) is 64.6. The fourth-order valence-electron chi connectivity index (χ4n) is 9.47. The lowest BCUT2D eigenvalue weighted by Crippen LogP contribution is -2.61. The molecule has 2 aromatic rings. The van der Waals surface area contributed by atoms with Gasteiger partial charge in [-0.3, -0.25) is 58.3 Å². The van der Waals surface area contributed by atoms with Gasteiger partial charge in [-0.15, -0.1) is 0 Å². The van der Waals surface area contributed by atoms with Crippen molar-refractivity contribution in [2.24, 2.45) is 23.1 Å². The number of thiol groups is 2. The summed E-state index contributed by atoms with van der Waals surface area (Å²) in [5.41, 5.74) is 18.7. The van der Waals surface area contributed by atoms with Gasteiger partial charge in [-0.05, 0) is 81.0 Å². The molecule has 24 nitrogen and oxygen atoms in total. The lowest BCUT2D eigenvalue weighted by molar-refractivity contribution is -0.149. The quantitative estimate of drug-likeness (QED) is 0.0159. The zero-order valence-corrected chi connectivity index (χ0v) is 47.1. The molecule has 14 N–H and O–H groups in total. The van der Waals surface area contributed by atoms with Gasteiger partial charge in [0.25, 0.3) is 0 Å². The Morgan fingerprint density at radius 1 is 0.759 bits per heavy atom. The molecule has 434 valence electrons. The number of hydrogen-bond donors (Lipinski definition) is 13. The highest BCUT2D eigenvalue weighted by Crippen LogP contribution is 2.37. The second kappa shape index (κ2) is 31.6. The topological polar surface area (TPSA) is 373 Å². The summed E-state index contributed by atoms with van der Waals surface area (Å²) in [5, 5.41) is 25.8. The van der Waals surface area contributed by atoms with E-state index in [0.717, 1.165) is 29.7 Å². The van der Waals surface area contributed by atoms with Crippen molar-refractivity contribution in [1.82, 2.24) is 47.0 Å².